The fourth-order valence-corrected chi connectivity index (χ4v) is 4.11. The highest BCUT2D eigenvalue weighted by Crippen LogP contribution is 2.26. The lowest BCUT2D eigenvalue weighted by molar-refractivity contribution is 0.735. The average Bonchev–Trinajstić information content (AvgIpc) is 2.81. The zero-order chi connectivity index (χ0) is 16.1. The van der Waals surface area contributed by atoms with Crippen LogP contribution in [-0.4, -0.2) is 39.0 Å². The van der Waals surface area contributed by atoms with Crippen molar-refractivity contribution in [1.82, 2.24) is 15.0 Å². The van der Waals surface area contributed by atoms with Gasteiger partial charge in [-0.15, -0.1) is 0 Å². The zero-order valence-corrected chi connectivity index (χ0v) is 14.7. The second kappa shape index (κ2) is 7.77. The van der Waals surface area contributed by atoms with Crippen LogP contribution in [0.15, 0.2) is 30.6 Å². The Kier molecular flexibility index (Phi) is 5.49. The summed E-state index contributed by atoms with van der Waals surface area (Å²) < 4.78 is 0. The lowest BCUT2D eigenvalue weighted by Gasteiger charge is -2.25. The van der Waals surface area contributed by atoms with Gasteiger partial charge in [0.25, 0.3) is 0 Å². The number of nitrogens with zero attached hydrogens (tertiary/aromatic N) is 4. The van der Waals surface area contributed by atoms with Crippen LogP contribution in [0.1, 0.15) is 31.9 Å². The minimum Gasteiger partial charge on any atom is -0.355 e. The second-order valence-electron chi connectivity index (χ2n) is 5.95. The van der Waals surface area contributed by atoms with Crippen LogP contribution in [0.5, 0.6) is 0 Å². The molecule has 5 heteroatoms. The molecule has 1 aliphatic rings. The largest absolute Gasteiger partial charge is 0.355 e. The van der Waals surface area contributed by atoms with Crippen molar-refractivity contribution >= 4 is 17.6 Å². The average molecular weight is 328 g/mol. The Labute approximate surface area is 142 Å². The first-order valence-corrected chi connectivity index (χ1v) is 9.43. The van der Waals surface area contributed by atoms with Gasteiger partial charge in [0.1, 0.15) is 5.82 Å². The standard InChI is InChI=1S/C18H24N4S/c1-3-23-16-8-4-5-10-22(13-16)17-11-14(2)20-18(21-17)15-7-6-9-19-12-15/h6-7,9,11-12,16H,3-5,8,10,13H2,1-2H3. The zero-order valence-electron chi connectivity index (χ0n) is 13.9. The van der Waals surface area contributed by atoms with E-state index < -0.39 is 0 Å². The van der Waals surface area contributed by atoms with E-state index >= 15 is 0 Å². The predicted molar refractivity (Wildman–Crippen MR) is 98.0 cm³/mol. The van der Waals surface area contributed by atoms with E-state index in [9.17, 15) is 0 Å². The normalized spacial score (nSPS) is 18.7. The van der Waals surface area contributed by atoms with Crippen molar-refractivity contribution in [1.29, 1.82) is 0 Å². The SMILES string of the molecule is CCSC1CCCCN(c2cc(C)nc(-c3cccnc3)n2)C1. The minimum atomic E-state index is 0.708. The Hall–Kier alpha value is -1.62. The number of rotatable bonds is 4. The van der Waals surface area contributed by atoms with Crippen LogP contribution >= 0.6 is 11.8 Å². The number of thioether (sulfide) groups is 1. The van der Waals surface area contributed by atoms with Gasteiger partial charge in [-0.2, -0.15) is 11.8 Å². The molecule has 0 saturated carbocycles. The van der Waals surface area contributed by atoms with Crippen molar-refractivity contribution in [3.05, 3.63) is 36.3 Å². The molecule has 1 saturated heterocycles. The number of anilines is 1. The van der Waals surface area contributed by atoms with Crippen LogP contribution < -0.4 is 4.90 Å². The van der Waals surface area contributed by atoms with Gasteiger partial charge in [0.05, 0.1) is 0 Å². The first-order valence-electron chi connectivity index (χ1n) is 8.39. The molecule has 1 aliphatic heterocycles. The van der Waals surface area contributed by atoms with Crippen molar-refractivity contribution < 1.29 is 0 Å². The first kappa shape index (κ1) is 16.2. The molecule has 0 aliphatic carbocycles. The van der Waals surface area contributed by atoms with Crippen molar-refractivity contribution in [2.45, 2.75) is 38.4 Å². The van der Waals surface area contributed by atoms with Gasteiger partial charge in [-0.05, 0) is 37.7 Å². The molecule has 1 unspecified atom stereocenters. The van der Waals surface area contributed by atoms with Gasteiger partial charge >= 0.3 is 0 Å². The molecular formula is C18H24N4S. The number of pyridine rings is 1. The predicted octanol–water partition coefficient (Wildman–Crippen LogP) is 3.96. The van der Waals surface area contributed by atoms with E-state index in [-0.39, 0.29) is 0 Å². The molecule has 3 heterocycles. The highest BCUT2D eigenvalue weighted by atomic mass is 32.2. The number of hydrogen-bond acceptors (Lipinski definition) is 5. The Bertz CT molecular complexity index is 632. The quantitative estimate of drug-likeness (QED) is 0.850. The second-order valence-corrected chi connectivity index (χ2v) is 7.53. The summed E-state index contributed by atoms with van der Waals surface area (Å²) in [6.07, 6.45) is 7.48. The molecule has 0 spiro atoms. The van der Waals surface area contributed by atoms with Crippen LogP contribution in [-0.2, 0) is 0 Å². The molecule has 2 aromatic heterocycles. The number of aromatic nitrogens is 3. The van der Waals surface area contributed by atoms with Crippen molar-refractivity contribution in [3.8, 4) is 11.4 Å². The van der Waals surface area contributed by atoms with Gasteiger partial charge in [-0.25, -0.2) is 9.97 Å². The monoisotopic (exact) mass is 328 g/mol. The Morgan fingerprint density at radius 1 is 1.30 bits per heavy atom. The lowest BCUT2D eigenvalue weighted by atomic mass is 10.2. The van der Waals surface area contributed by atoms with E-state index in [1.165, 1.54) is 25.0 Å². The smallest absolute Gasteiger partial charge is 0.163 e. The summed E-state index contributed by atoms with van der Waals surface area (Å²) in [6.45, 7) is 6.46. The van der Waals surface area contributed by atoms with E-state index in [1.807, 2.05) is 25.3 Å². The molecule has 0 radical (unpaired) electrons. The summed E-state index contributed by atoms with van der Waals surface area (Å²) >= 11 is 2.07. The summed E-state index contributed by atoms with van der Waals surface area (Å²) in [5.74, 6) is 3.01. The summed E-state index contributed by atoms with van der Waals surface area (Å²) in [7, 11) is 0. The van der Waals surface area contributed by atoms with Crippen LogP contribution in [0, 0.1) is 6.92 Å². The Morgan fingerprint density at radius 3 is 3.00 bits per heavy atom. The molecule has 23 heavy (non-hydrogen) atoms. The van der Waals surface area contributed by atoms with Crippen molar-refractivity contribution in [3.63, 3.8) is 0 Å². The maximum absolute atomic E-state index is 4.83. The fourth-order valence-electron chi connectivity index (χ4n) is 3.02. The first-order chi connectivity index (χ1) is 11.3. The number of hydrogen-bond donors (Lipinski definition) is 0. The summed E-state index contributed by atoms with van der Waals surface area (Å²) in [5.41, 5.74) is 1.99. The molecule has 3 rings (SSSR count). The van der Waals surface area contributed by atoms with Gasteiger partial charge < -0.3 is 4.90 Å². The molecule has 4 nitrogen and oxygen atoms in total. The van der Waals surface area contributed by atoms with Crippen LogP contribution in [0.4, 0.5) is 5.82 Å². The topological polar surface area (TPSA) is 41.9 Å². The lowest BCUT2D eigenvalue weighted by Crippen LogP contribution is -2.30. The number of aryl methyl sites for hydroxylation is 1. The minimum absolute atomic E-state index is 0.708. The Balaban J connectivity index is 1.88. The molecule has 122 valence electrons. The van der Waals surface area contributed by atoms with Crippen LogP contribution in [0.3, 0.4) is 0 Å². The molecule has 0 amide bonds. The van der Waals surface area contributed by atoms with Crippen LogP contribution in [0.25, 0.3) is 11.4 Å². The molecular weight excluding hydrogens is 304 g/mol. The van der Waals surface area contributed by atoms with E-state index in [4.69, 9.17) is 4.98 Å². The van der Waals surface area contributed by atoms with Crippen molar-refractivity contribution in [2.75, 3.05) is 23.7 Å². The molecule has 2 aromatic rings. The van der Waals surface area contributed by atoms with Gasteiger partial charge in [0.2, 0.25) is 0 Å². The maximum Gasteiger partial charge on any atom is 0.163 e. The maximum atomic E-state index is 4.83. The Morgan fingerprint density at radius 2 is 2.22 bits per heavy atom. The molecule has 0 bridgehead atoms. The van der Waals surface area contributed by atoms with Gasteiger partial charge in [0, 0.05) is 48.1 Å². The molecule has 1 fully saturated rings. The molecule has 0 aromatic carbocycles. The van der Waals surface area contributed by atoms with E-state index in [0.29, 0.717) is 5.25 Å². The van der Waals surface area contributed by atoms with Gasteiger partial charge in [0.15, 0.2) is 5.82 Å². The fraction of sp³-hybridized carbons (Fsp3) is 0.500. The van der Waals surface area contributed by atoms with Gasteiger partial charge in [-0.3, -0.25) is 4.98 Å². The molecule has 0 N–H and O–H groups in total. The third-order valence-corrected chi connectivity index (χ3v) is 5.30. The van der Waals surface area contributed by atoms with E-state index in [2.05, 4.69) is 39.6 Å². The highest BCUT2D eigenvalue weighted by molar-refractivity contribution is 7.99. The summed E-state index contributed by atoms with van der Waals surface area (Å²) in [6, 6.07) is 6.06. The van der Waals surface area contributed by atoms with Crippen LogP contribution in [0.2, 0.25) is 0 Å². The van der Waals surface area contributed by atoms with E-state index in [0.717, 1.165) is 36.0 Å². The summed E-state index contributed by atoms with van der Waals surface area (Å²) in [5, 5.41) is 0.708. The van der Waals surface area contributed by atoms with Gasteiger partial charge in [-0.1, -0.05) is 13.3 Å². The third-order valence-electron chi connectivity index (χ3n) is 4.11. The molecule has 1 atom stereocenters. The highest BCUT2D eigenvalue weighted by Gasteiger charge is 2.20. The third kappa shape index (κ3) is 4.22. The van der Waals surface area contributed by atoms with E-state index in [1.54, 1.807) is 6.20 Å². The summed E-state index contributed by atoms with van der Waals surface area (Å²) in [4.78, 5) is 16.1. The van der Waals surface area contributed by atoms with Crippen molar-refractivity contribution in [2.24, 2.45) is 0 Å².